The first-order valence-electron chi connectivity index (χ1n) is 11.8. The monoisotopic (exact) mass is 522 g/mol. The fraction of sp³-hybridized carbons (Fsp3) is 0.240. The number of nitrogen functional groups attached to an aromatic ring is 1. The van der Waals surface area contributed by atoms with E-state index in [1.807, 2.05) is 4.90 Å². The van der Waals surface area contributed by atoms with Crippen LogP contribution in [0.1, 0.15) is 18.9 Å². The molecule has 0 radical (unpaired) electrons. The average Bonchev–Trinajstić information content (AvgIpc) is 3.29. The van der Waals surface area contributed by atoms with E-state index in [1.54, 1.807) is 17.8 Å². The number of piperidine rings is 1. The van der Waals surface area contributed by atoms with E-state index in [9.17, 15) is 14.5 Å². The van der Waals surface area contributed by atoms with Crippen molar-refractivity contribution in [2.75, 3.05) is 25.9 Å². The van der Waals surface area contributed by atoms with Crippen molar-refractivity contribution in [3.8, 4) is 22.8 Å². The van der Waals surface area contributed by atoms with Gasteiger partial charge < -0.3 is 20.7 Å². The first kappa shape index (κ1) is 24.9. The van der Waals surface area contributed by atoms with Crippen LogP contribution in [-0.4, -0.2) is 49.7 Å². The summed E-state index contributed by atoms with van der Waals surface area (Å²) in [7, 11) is 1.62. The van der Waals surface area contributed by atoms with Crippen LogP contribution in [0.15, 0.2) is 60.8 Å². The minimum atomic E-state index is -0.648. The standard InChI is InChI=1S/C25H24F2N8O3/c1-29-21(13-34(36)37)33-10-4-5-15(12-33)35-25-22(24(28)30-14-31-25)23(32-35)17-9-8-16(11-19(17)27)38-20-7-3-2-6-18(20)26/h2-3,6-9,11,13-15,29H,4-5,10,12H2,1H3,(H2,28,30,31). The summed E-state index contributed by atoms with van der Waals surface area (Å²) < 4.78 is 36.6. The molecule has 3 heterocycles. The van der Waals surface area contributed by atoms with E-state index in [2.05, 4.69) is 15.3 Å². The summed E-state index contributed by atoms with van der Waals surface area (Å²) in [6.07, 6.45) is 3.71. The molecule has 0 saturated carbocycles. The van der Waals surface area contributed by atoms with E-state index >= 15 is 4.39 Å². The molecular weight excluding hydrogens is 498 g/mol. The summed E-state index contributed by atoms with van der Waals surface area (Å²) in [5, 5.41) is 19.0. The smallest absolute Gasteiger partial charge is 0.274 e. The van der Waals surface area contributed by atoms with Gasteiger partial charge in [0, 0.05) is 31.8 Å². The first-order chi connectivity index (χ1) is 18.4. The normalized spacial score (nSPS) is 16.0. The van der Waals surface area contributed by atoms with Crippen molar-refractivity contribution < 1.29 is 18.4 Å². The number of nitro groups is 1. The van der Waals surface area contributed by atoms with Crippen molar-refractivity contribution in [1.29, 1.82) is 0 Å². The lowest BCUT2D eigenvalue weighted by atomic mass is 10.1. The molecular formula is C25H24F2N8O3. The van der Waals surface area contributed by atoms with E-state index in [4.69, 9.17) is 15.6 Å². The first-order valence-corrected chi connectivity index (χ1v) is 11.8. The average molecular weight is 523 g/mol. The summed E-state index contributed by atoms with van der Waals surface area (Å²) in [6, 6.07) is 9.77. The van der Waals surface area contributed by atoms with Crippen molar-refractivity contribution in [3.63, 3.8) is 0 Å². The van der Waals surface area contributed by atoms with E-state index in [-0.39, 0.29) is 34.6 Å². The SMILES string of the molecule is CNC(=C[N+](=O)[O-])N1CCCC(n2nc(-c3ccc(Oc4ccccc4F)cc3F)c3c(N)ncnc32)C1. The third-order valence-corrected chi connectivity index (χ3v) is 6.35. The molecule has 0 spiro atoms. The fourth-order valence-corrected chi connectivity index (χ4v) is 4.62. The number of nitrogens with one attached hydrogen (secondary N) is 1. The Morgan fingerprint density at radius 3 is 2.79 bits per heavy atom. The molecule has 0 aliphatic carbocycles. The van der Waals surface area contributed by atoms with Crippen molar-refractivity contribution in [1.82, 2.24) is 30.0 Å². The Morgan fingerprint density at radius 2 is 2.05 bits per heavy atom. The third kappa shape index (κ3) is 4.77. The van der Waals surface area contributed by atoms with Gasteiger partial charge in [-0.05, 0) is 37.1 Å². The number of anilines is 1. The van der Waals surface area contributed by atoms with E-state index in [0.717, 1.165) is 25.1 Å². The summed E-state index contributed by atoms with van der Waals surface area (Å²) in [6.45, 7) is 1.04. The van der Waals surface area contributed by atoms with Gasteiger partial charge in [0.15, 0.2) is 23.0 Å². The van der Waals surface area contributed by atoms with Crippen molar-refractivity contribution in [2.45, 2.75) is 18.9 Å². The number of hydrogen-bond donors (Lipinski definition) is 2. The number of aromatic nitrogens is 4. The number of rotatable bonds is 7. The largest absolute Gasteiger partial charge is 0.454 e. The highest BCUT2D eigenvalue weighted by Gasteiger charge is 2.29. The van der Waals surface area contributed by atoms with Gasteiger partial charge in [-0.1, -0.05) is 12.1 Å². The van der Waals surface area contributed by atoms with Crippen LogP contribution in [-0.2, 0) is 0 Å². The Morgan fingerprint density at radius 1 is 1.24 bits per heavy atom. The van der Waals surface area contributed by atoms with Gasteiger partial charge in [-0.25, -0.2) is 23.4 Å². The Bertz CT molecular complexity index is 1540. The molecule has 38 heavy (non-hydrogen) atoms. The lowest BCUT2D eigenvalue weighted by molar-refractivity contribution is -0.404. The van der Waals surface area contributed by atoms with Crippen LogP contribution in [0, 0.1) is 21.7 Å². The molecule has 4 aromatic rings. The quantitative estimate of drug-likeness (QED) is 0.272. The highest BCUT2D eigenvalue weighted by atomic mass is 19.1. The number of likely N-dealkylation sites (tertiary alicyclic amines) is 1. The lowest BCUT2D eigenvalue weighted by Gasteiger charge is -2.34. The molecule has 1 aliphatic heterocycles. The number of hydrogen-bond acceptors (Lipinski definition) is 9. The van der Waals surface area contributed by atoms with E-state index in [0.29, 0.717) is 29.9 Å². The number of nitrogens with two attached hydrogens (primary N) is 1. The molecule has 1 saturated heterocycles. The number of benzene rings is 2. The zero-order valence-electron chi connectivity index (χ0n) is 20.3. The Kier molecular flexibility index (Phi) is 6.73. The molecule has 3 N–H and O–H groups in total. The molecule has 2 aromatic heterocycles. The molecule has 13 heteroatoms. The second-order valence-corrected chi connectivity index (χ2v) is 8.72. The molecule has 11 nitrogen and oxygen atoms in total. The number of para-hydroxylation sites is 1. The van der Waals surface area contributed by atoms with Gasteiger partial charge in [0.05, 0.1) is 16.4 Å². The maximum atomic E-state index is 15.4. The van der Waals surface area contributed by atoms with Crippen LogP contribution in [0.4, 0.5) is 14.6 Å². The predicted octanol–water partition coefficient (Wildman–Crippen LogP) is 4.08. The Hall–Kier alpha value is -4.81. The minimum absolute atomic E-state index is 0.0269. The van der Waals surface area contributed by atoms with Crippen molar-refractivity contribution >= 4 is 16.9 Å². The van der Waals surface area contributed by atoms with E-state index < -0.39 is 16.6 Å². The van der Waals surface area contributed by atoms with Gasteiger partial charge >= 0.3 is 0 Å². The van der Waals surface area contributed by atoms with Crippen LogP contribution in [0.5, 0.6) is 11.5 Å². The molecule has 2 aromatic carbocycles. The molecule has 1 unspecified atom stereocenters. The van der Waals surface area contributed by atoms with Gasteiger partial charge in [-0.2, -0.15) is 5.10 Å². The van der Waals surface area contributed by atoms with Crippen LogP contribution in [0.3, 0.4) is 0 Å². The summed E-state index contributed by atoms with van der Waals surface area (Å²) in [5.74, 6) is -0.612. The third-order valence-electron chi connectivity index (χ3n) is 6.35. The highest BCUT2D eigenvalue weighted by Crippen LogP contribution is 2.36. The van der Waals surface area contributed by atoms with Crippen LogP contribution in [0.25, 0.3) is 22.3 Å². The molecule has 1 atom stereocenters. The second-order valence-electron chi connectivity index (χ2n) is 8.72. The van der Waals surface area contributed by atoms with Crippen LogP contribution < -0.4 is 15.8 Å². The summed E-state index contributed by atoms with van der Waals surface area (Å²) in [5.41, 5.74) is 7.01. The van der Waals surface area contributed by atoms with E-state index in [1.165, 1.54) is 36.7 Å². The maximum Gasteiger partial charge on any atom is 0.274 e. The van der Waals surface area contributed by atoms with Crippen molar-refractivity contribution in [3.05, 3.63) is 82.6 Å². The predicted molar refractivity (Wildman–Crippen MR) is 136 cm³/mol. The Balaban J connectivity index is 1.52. The van der Waals surface area contributed by atoms with Crippen LogP contribution >= 0.6 is 0 Å². The van der Waals surface area contributed by atoms with Crippen LogP contribution in [0.2, 0.25) is 0 Å². The highest BCUT2D eigenvalue weighted by molar-refractivity contribution is 5.98. The zero-order chi connectivity index (χ0) is 26.8. The molecule has 1 aliphatic rings. The minimum Gasteiger partial charge on any atom is -0.454 e. The molecule has 0 amide bonds. The topological polar surface area (TPSA) is 137 Å². The number of halogens is 2. The maximum absolute atomic E-state index is 15.4. The zero-order valence-corrected chi connectivity index (χ0v) is 20.3. The molecule has 1 fully saturated rings. The van der Waals surface area contributed by atoms with Gasteiger partial charge in [-0.15, -0.1) is 0 Å². The molecule has 196 valence electrons. The molecule has 5 rings (SSSR count). The summed E-state index contributed by atoms with van der Waals surface area (Å²) >= 11 is 0. The van der Waals surface area contributed by atoms with Gasteiger partial charge in [-0.3, -0.25) is 10.1 Å². The second kappa shape index (κ2) is 10.3. The van der Waals surface area contributed by atoms with Gasteiger partial charge in [0.25, 0.3) is 6.20 Å². The fourth-order valence-electron chi connectivity index (χ4n) is 4.62. The van der Waals surface area contributed by atoms with Crippen molar-refractivity contribution in [2.24, 2.45) is 0 Å². The Labute approximate surface area is 215 Å². The summed E-state index contributed by atoms with van der Waals surface area (Å²) in [4.78, 5) is 20.9. The van der Waals surface area contributed by atoms with Gasteiger partial charge in [0.2, 0.25) is 0 Å². The number of ether oxygens (including phenoxy) is 1. The molecule has 0 bridgehead atoms. The lowest BCUT2D eigenvalue weighted by Crippen LogP contribution is -2.40. The van der Waals surface area contributed by atoms with Gasteiger partial charge in [0.1, 0.15) is 29.4 Å². The number of fused-ring (bicyclic) bond motifs is 1. The number of nitrogens with zero attached hydrogens (tertiary/aromatic N) is 6.